The maximum absolute atomic E-state index is 12.5. The number of Topliss-reactive ketones (excluding diaryl/α,β-unsaturated/α-hetero) is 5. The van der Waals surface area contributed by atoms with Gasteiger partial charge in [0.05, 0.1) is 66.4 Å². The number of aliphatic hydroxyl groups is 5. The van der Waals surface area contributed by atoms with Gasteiger partial charge in [-0.1, -0.05) is 50.5 Å². The number of methoxy groups -OCH3 is 5. The Kier molecular flexibility index (Phi) is 29.7. The van der Waals surface area contributed by atoms with Crippen molar-refractivity contribution in [3.05, 3.63) is 0 Å². The van der Waals surface area contributed by atoms with Crippen LogP contribution in [0.25, 0.3) is 0 Å². The molecule has 20 rings (SSSR count). The Morgan fingerprint density at radius 2 is 0.413 bits per heavy atom. The number of hydrogen-bond donors (Lipinski definition) is 5. The van der Waals surface area contributed by atoms with Gasteiger partial charge in [-0.25, -0.2) is 0 Å². The average Bonchev–Trinajstić information content (AvgIpc) is 1.54. The molecule has 16 heteroatoms. The first-order valence-electron chi connectivity index (χ1n) is 53.1. The zero-order valence-electron chi connectivity index (χ0n) is 81.6. The van der Waals surface area contributed by atoms with Crippen LogP contribution in [0.15, 0.2) is 0 Å². The van der Waals surface area contributed by atoms with Gasteiger partial charge < -0.3 is 49.2 Å². The van der Waals surface area contributed by atoms with Gasteiger partial charge in [0.25, 0.3) is 0 Å². The molecule has 20 saturated carbocycles. The van der Waals surface area contributed by atoms with E-state index in [2.05, 4.69) is 50.5 Å². The maximum Gasteiger partial charge on any atom is 0.147 e. The van der Waals surface area contributed by atoms with Crippen LogP contribution in [0.4, 0.5) is 0 Å². The number of ether oxygens (including phenoxy) is 5. The molecule has 0 aliphatic heterocycles. The van der Waals surface area contributed by atoms with E-state index in [-0.39, 0.29) is 33.0 Å². The Morgan fingerprint density at radius 3 is 0.587 bits per heavy atom. The standard InChI is InChI=1S/C22H35BrO3.4C22H36O3/c1-21-9-7-16-15-8-10-22(25,13-26-2)11-14(15)3-4-17(16)18(21)5-6-19(21)20(24)12-23;4*1-14(23)19-6-7-20-18-5-4-15-12-22(24,13-25-3)11-9-16(15)17(18)8-10-21(19,20)2/h14-19,25H,3-13H2,1-2H3;4*15-20,24H,4-13H2,1-3H3/t14-,15+,16-,17-,18+,19-,21+,22-;15-,16+,17-,18-,19+,20+,21-,22+;15-,16+,17-,18-,19-,20+,21-,22?;15-,16+,17-,18-,19-,20+,21-,22+;15-,16+,17-,18-,19-,20+,21-,22-/m11111/s1. The fraction of sp³-hybridized carbons (Fsp3) is 0.955. The molecule has 0 spiro atoms. The molecule has 0 radical (unpaired) electrons. The van der Waals surface area contributed by atoms with Crippen molar-refractivity contribution in [2.75, 3.05) is 73.9 Å². The number of ketones is 5. The number of halogens is 1. The third-order valence-corrected chi connectivity index (χ3v) is 45.6. The number of carbonyl (C=O) groups excluding carboxylic acids is 5. The molecule has 1 unspecified atom stereocenters. The molecule has 20 fully saturated rings. The molecule has 40 atom stereocenters. The smallest absolute Gasteiger partial charge is 0.147 e. The van der Waals surface area contributed by atoms with Crippen molar-refractivity contribution >= 4 is 44.8 Å². The Morgan fingerprint density at radius 1 is 0.238 bits per heavy atom. The Labute approximate surface area is 771 Å². The van der Waals surface area contributed by atoms with Crippen molar-refractivity contribution in [1.29, 1.82) is 0 Å². The van der Waals surface area contributed by atoms with Crippen LogP contribution < -0.4 is 0 Å². The van der Waals surface area contributed by atoms with Crippen LogP contribution in [0.1, 0.15) is 351 Å². The molecule has 126 heavy (non-hydrogen) atoms. The van der Waals surface area contributed by atoms with E-state index < -0.39 is 28.0 Å². The van der Waals surface area contributed by atoms with Crippen molar-refractivity contribution in [2.24, 2.45) is 205 Å². The van der Waals surface area contributed by atoms with Crippen molar-refractivity contribution in [3.63, 3.8) is 0 Å². The van der Waals surface area contributed by atoms with Crippen molar-refractivity contribution in [2.45, 2.75) is 379 Å². The molecule has 15 nitrogen and oxygen atoms in total. The van der Waals surface area contributed by atoms with Gasteiger partial charge in [0, 0.05) is 65.1 Å². The van der Waals surface area contributed by atoms with Crippen LogP contribution in [0.2, 0.25) is 0 Å². The molecule has 0 aromatic carbocycles. The number of hydrogen-bond acceptors (Lipinski definition) is 15. The molecule has 0 amide bonds. The van der Waals surface area contributed by atoms with E-state index in [0.717, 1.165) is 215 Å². The number of fused-ring (bicyclic) bond motifs is 25. The summed E-state index contributed by atoms with van der Waals surface area (Å²) in [4.78, 5) is 61.3. The third kappa shape index (κ3) is 18.1. The van der Waals surface area contributed by atoms with Crippen molar-refractivity contribution in [3.8, 4) is 0 Å². The normalized spacial score (nSPS) is 51.8. The van der Waals surface area contributed by atoms with E-state index in [1.54, 1.807) is 35.5 Å². The lowest BCUT2D eigenvalue weighted by molar-refractivity contribution is -0.135. The predicted molar refractivity (Wildman–Crippen MR) is 499 cm³/mol. The minimum absolute atomic E-state index is 0.240. The lowest BCUT2D eigenvalue weighted by Gasteiger charge is -2.57. The topological polar surface area (TPSA) is 233 Å². The molecule has 5 N–H and O–H groups in total. The Balaban J connectivity index is 0.000000116. The van der Waals surface area contributed by atoms with Crippen LogP contribution in [0.5, 0.6) is 0 Å². The summed E-state index contributed by atoms with van der Waals surface area (Å²) in [6.07, 6.45) is 52.7. The molecule has 0 aromatic rings. The van der Waals surface area contributed by atoms with E-state index in [9.17, 15) is 49.5 Å². The summed E-state index contributed by atoms with van der Waals surface area (Å²) < 4.78 is 26.5. The van der Waals surface area contributed by atoms with Gasteiger partial charge in [-0.2, -0.15) is 0 Å². The minimum Gasteiger partial charge on any atom is -0.387 e. The van der Waals surface area contributed by atoms with Gasteiger partial charge in [-0.05, 0) is 492 Å². The monoisotopic (exact) mass is 1820 g/mol. The SMILES string of the molecule is COCC1(O)CC[C@H]2[C@H](CC[C@@H]3[C@@H]2CC[C@]2(C)[C@@H](C(C)=O)CC[C@@H]32)C1.COC[C@@]1(O)CC[C@H]2[C@H](CC[C@@H]3[C@@H]2CC[C@]2(C)[C@@H](C(=O)CBr)CC[C@@H]32)C1.COC[C@@]1(O)CC[C@H]2[C@H](CC[C@@H]3[C@@H]2CC[C@]2(C)[C@@H](C(C)=O)CC[C@@H]32)C1.COC[C@]1(O)CC[C@H]2[C@H](CC[C@@H]3[C@@H]2CC[C@]2(C)[C@@H](C(C)=O)CC[C@@H]32)C1.COC[C@]1(O)CC[C@H]2[C@H](CC[C@@H]3[C@@H]2CC[C@]2(C)[C@H](C(C)=O)CC[C@@H]32)C1. The highest BCUT2D eigenvalue weighted by Crippen LogP contribution is 2.72. The number of alkyl halides is 1. The van der Waals surface area contributed by atoms with E-state index in [1.807, 2.05) is 27.7 Å². The number of carbonyl (C=O) groups is 5. The fourth-order valence-electron chi connectivity index (χ4n) is 40.1. The lowest BCUT2D eigenvalue weighted by atomic mass is 9.49. The van der Waals surface area contributed by atoms with E-state index >= 15 is 0 Å². The molecule has 20 aliphatic rings. The van der Waals surface area contributed by atoms with Crippen LogP contribution in [0, 0.1) is 205 Å². The second kappa shape index (κ2) is 38.4. The van der Waals surface area contributed by atoms with E-state index in [1.165, 1.54) is 193 Å². The third-order valence-electron chi connectivity index (χ3n) is 45.1. The first-order chi connectivity index (χ1) is 59.9. The Bertz CT molecular complexity index is 3400. The Hall–Kier alpha value is -1.57. The highest BCUT2D eigenvalue weighted by Gasteiger charge is 2.66. The summed E-state index contributed by atoms with van der Waals surface area (Å²) in [7, 11) is 8.51. The van der Waals surface area contributed by atoms with Crippen LogP contribution in [0.3, 0.4) is 0 Å². The molecular weight excluding hydrogens is 1640 g/mol. The average molecular weight is 1820 g/mol. The van der Waals surface area contributed by atoms with Gasteiger partial charge in [0.2, 0.25) is 0 Å². The summed E-state index contributed by atoms with van der Waals surface area (Å²) in [6, 6.07) is 0. The first-order valence-corrected chi connectivity index (χ1v) is 54.2. The van der Waals surface area contributed by atoms with E-state index in [0.29, 0.717) is 121 Å². The van der Waals surface area contributed by atoms with Gasteiger partial charge in [-0.3, -0.25) is 24.0 Å². The van der Waals surface area contributed by atoms with Gasteiger partial charge in [0.1, 0.15) is 28.9 Å². The first kappa shape index (κ1) is 97.5. The highest BCUT2D eigenvalue weighted by atomic mass is 79.9. The lowest BCUT2D eigenvalue weighted by Crippen LogP contribution is -2.52. The highest BCUT2D eigenvalue weighted by molar-refractivity contribution is 9.09. The summed E-state index contributed by atoms with van der Waals surface area (Å²) in [5.41, 5.74) is -1.61. The summed E-state index contributed by atoms with van der Waals surface area (Å²) in [6.45, 7) is 21.9. The molecule has 0 aromatic heterocycles. The quantitative estimate of drug-likeness (QED) is 0.0905. The largest absolute Gasteiger partial charge is 0.387 e. The minimum atomic E-state index is -0.591. The van der Waals surface area contributed by atoms with Gasteiger partial charge in [0.15, 0.2) is 0 Å². The second-order valence-electron chi connectivity index (χ2n) is 50.6. The summed E-state index contributed by atoms with van der Waals surface area (Å²) >= 11 is 3.42. The van der Waals surface area contributed by atoms with Crippen LogP contribution in [-0.2, 0) is 47.7 Å². The number of rotatable bonds is 16. The van der Waals surface area contributed by atoms with Gasteiger partial charge in [-0.15, -0.1) is 0 Å². The molecule has 0 bridgehead atoms. The summed E-state index contributed by atoms with van der Waals surface area (Å²) in [5, 5.41) is 54.7. The zero-order chi connectivity index (χ0) is 89.8. The second-order valence-corrected chi connectivity index (χ2v) is 51.2. The van der Waals surface area contributed by atoms with Gasteiger partial charge >= 0.3 is 0 Å². The molecule has 0 saturated heterocycles. The van der Waals surface area contributed by atoms with Crippen molar-refractivity contribution < 1.29 is 73.2 Å². The van der Waals surface area contributed by atoms with E-state index in [4.69, 9.17) is 23.7 Å². The molecule has 20 aliphatic carbocycles. The van der Waals surface area contributed by atoms with Crippen LogP contribution >= 0.6 is 15.9 Å². The molecule has 0 heterocycles. The molecule has 716 valence electrons. The summed E-state index contributed by atoms with van der Waals surface area (Å²) in [5.74, 6) is 23.3. The zero-order valence-corrected chi connectivity index (χ0v) is 83.2. The molecular formula is C110H179BrO15. The predicted octanol–water partition coefficient (Wildman–Crippen LogP) is 21.5. The fourth-order valence-corrected chi connectivity index (χ4v) is 40.5. The van der Waals surface area contributed by atoms with Crippen molar-refractivity contribution in [1.82, 2.24) is 0 Å². The maximum atomic E-state index is 12.5. The van der Waals surface area contributed by atoms with Crippen LogP contribution in [-0.4, -0.2) is 156 Å².